The monoisotopic (exact) mass is 591 g/mol. The Morgan fingerprint density at radius 2 is 1.67 bits per heavy atom. The number of nitrogens with one attached hydrogen (secondary N) is 1. The maximum absolute atomic E-state index is 13.2. The van der Waals surface area contributed by atoms with Crippen LogP contribution in [0.4, 0.5) is 5.69 Å². The van der Waals surface area contributed by atoms with E-state index in [2.05, 4.69) is 5.32 Å². The lowest BCUT2D eigenvalue weighted by Gasteiger charge is -2.46. The SMILES string of the molecule is COc1ccc(C(=O)Nc2cc3ccc(O[C@@H]4OC(C)(C)[C@H](OC)[C@@H](O)[C@H]4O)c(C)c3oc2=O)cc1-c1ccccc1O. The third kappa shape index (κ3) is 5.67. The molecule has 2 heterocycles. The number of aryl methyl sites for hydroxylation is 1. The summed E-state index contributed by atoms with van der Waals surface area (Å²) in [4.78, 5) is 26.1. The number of phenolic OH excluding ortho intramolecular Hbond substituents is 1. The molecule has 1 saturated heterocycles. The van der Waals surface area contributed by atoms with Gasteiger partial charge in [0, 0.05) is 34.7 Å². The lowest BCUT2D eigenvalue weighted by molar-refractivity contribution is -0.306. The van der Waals surface area contributed by atoms with Crippen molar-refractivity contribution in [3.63, 3.8) is 0 Å². The average molecular weight is 592 g/mol. The van der Waals surface area contributed by atoms with Gasteiger partial charge in [0.05, 0.1) is 12.7 Å². The van der Waals surface area contributed by atoms with Crippen LogP contribution in [0.2, 0.25) is 0 Å². The molecule has 4 aromatic rings. The molecular weight excluding hydrogens is 558 g/mol. The van der Waals surface area contributed by atoms with Crippen molar-refractivity contribution < 1.29 is 43.5 Å². The molecule has 0 spiro atoms. The van der Waals surface area contributed by atoms with Crippen LogP contribution in [0.25, 0.3) is 22.1 Å². The number of hydrogen-bond acceptors (Lipinski definition) is 10. The Morgan fingerprint density at radius 1 is 0.953 bits per heavy atom. The zero-order valence-corrected chi connectivity index (χ0v) is 24.3. The van der Waals surface area contributed by atoms with Crippen LogP contribution in [-0.4, -0.2) is 65.6 Å². The molecule has 1 aliphatic rings. The van der Waals surface area contributed by atoms with E-state index in [-0.39, 0.29) is 28.3 Å². The summed E-state index contributed by atoms with van der Waals surface area (Å²) in [6.07, 6.45) is -4.66. The van der Waals surface area contributed by atoms with Crippen molar-refractivity contribution in [2.45, 2.75) is 51.0 Å². The molecule has 0 aliphatic carbocycles. The summed E-state index contributed by atoms with van der Waals surface area (Å²) in [5.41, 5.74) is 0.0484. The van der Waals surface area contributed by atoms with Gasteiger partial charge in [0.1, 0.15) is 46.8 Å². The first-order chi connectivity index (χ1) is 20.4. The molecule has 1 fully saturated rings. The van der Waals surface area contributed by atoms with Gasteiger partial charge >= 0.3 is 5.63 Å². The zero-order valence-electron chi connectivity index (χ0n) is 24.3. The van der Waals surface area contributed by atoms with Gasteiger partial charge in [-0.1, -0.05) is 18.2 Å². The predicted molar refractivity (Wildman–Crippen MR) is 158 cm³/mol. The first kappa shape index (κ1) is 30.1. The summed E-state index contributed by atoms with van der Waals surface area (Å²) in [7, 11) is 2.91. The number of rotatable bonds is 7. The minimum atomic E-state index is -1.40. The van der Waals surface area contributed by atoms with E-state index >= 15 is 0 Å². The number of benzene rings is 3. The molecule has 1 aromatic heterocycles. The van der Waals surface area contributed by atoms with Crippen LogP contribution in [-0.2, 0) is 9.47 Å². The van der Waals surface area contributed by atoms with Crippen LogP contribution in [0.5, 0.6) is 17.2 Å². The number of para-hydroxylation sites is 1. The fourth-order valence-corrected chi connectivity index (χ4v) is 5.31. The van der Waals surface area contributed by atoms with Crippen LogP contribution in [0.15, 0.2) is 69.9 Å². The molecule has 226 valence electrons. The zero-order chi connectivity index (χ0) is 31.1. The first-order valence-electron chi connectivity index (χ1n) is 13.5. The molecule has 0 unspecified atom stereocenters. The second kappa shape index (κ2) is 11.7. The quantitative estimate of drug-likeness (QED) is 0.232. The van der Waals surface area contributed by atoms with E-state index in [0.29, 0.717) is 27.8 Å². The molecule has 4 N–H and O–H groups in total. The smallest absolute Gasteiger partial charge is 0.360 e. The number of fused-ring (bicyclic) bond motifs is 1. The van der Waals surface area contributed by atoms with Crippen molar-refractivity contribution in [2.75, 3.05) is 19.5 Å². The van der Waals surface area contributed by atoms with E-state index in [4.69, 9.17) is 23.4 Å². The molecule has 0 saturated carbocycles. The highest BCUT2D eigenvalue weighted by molar-refractivity contribution is 6.06. The van der Waals surface area contributed by atoms with Gasteiger partial charge < -0.3 is 44.0 Å². The van der Waals surface area contributed by atoms with Gasteiger partial charge in [0.15, 0.2) is 0 Å². The minimum Gasteiger partial charge on any atom is -0.507 e. The van der Waals surface area contributed by atoms with Gasteiger partial charge in [0.2, 0.25) is 6.29 Å². The molecule has 11 nitrogen and oxygen atoms in total. The van der Waals surface area contributed by atoms with E-state index < -0.39 is 41.7 Å². The summed E-state index contributed by atoms with van der Waals surface area (Å²) in [6, 6.07) is 16.1. The summed E-state index contributed by atoms with van der Waals surface area (Å²) < 4.78 is 28.1. The number of methoxy groups -OCH3 is 2. The highest BCUT2D eigenvalue weighted by atomic mass is 16.7. The Labute approximate surface area is 247 Å². The van der Waals surface area contributed by atoms with Crippen LogP contribution in [0.1, 0.15) is 29.8 Å². The standard InChI is InChI=1S/C32H33NO10/c1-16-23(41-31-26(36)25(35)28(40-5)32(2,3)43-31)12-10-17-15-21(30(38)42-27(16)17)33-29(37)18-11-13-24(39-4)20(14-18)19-8-6-7-9-22(19)34/h6-15,25-26,28,31,34-36H,1-5H3,(H,33,37)/t25-,26+,28+,31+/m0/s1. The number of hydrogen-bond donors (Lipinski definition) is 4. The van der Waals surface area contributed by atoms with E-state index in [0.717, 1.165) is 0 Å². The normalized spacial score (nSPS) is 21.4. The Morgan fingerprint density at radius 3 is 2.37 bits per heavy atom. The van der Waals surface area contributed by atoms with E-state index in [9.17, 15) is 24.9 Å². The van der Waals surface area contributed by atoms with E-state index in [1.807, 2.05) is 0 Å². The van der Waals surface area contributed by atoms with Gasteiger partial charge in [-0.05, 0) is 63.2 Å². The van der Waals surface area contributed by atoms with Gasteiger partial charge in [-0.3, -0.25) is 4.79 Å². The van der Waals surface area contributed by atoms with Crippen LogP contribution >= 0.6 is 0 Å². The molecule has 11 heteroatoms. The van der Waals surface area contributed by atoms with Crippen molar-refractivity contribution in [3.05, 3.63) is 82.2 Å². The summed E-state index contributed by atoms with van der Waals surface area (Å²) >= 11 is 0. The van der Waals surface area contributed by atoms with E-state index in [1.165, 1.54) is 26.4 Å². The van der Waals surface area contributed by atoms with Crippen LogP contribution in [0.3, 0.4) is 0 Å². The number of aromatic hydroxyl groups is 1. The highest BCUT2D eigenvalue weighted by Gasteiger charge is 2.50. The molecule has 4 atom stereocenters. The lowest BCUT2D eigenvalue weighted by Crippen LogP contribution is -2.63. The third-order valence-corrected chi connectivity index (χ3v) is 7.55. The van der Waals surface area contributed by atoms with Crippen LogP contribution < -0.4 is 20.4 Å². The number of carbonyl (C=O) groups excluding carboxylic acids is 1. The van der Waals surface area contributed by atoms with E-state index in [1.54, 1.807) is 69.3 Å². The summed E-state index contributed by atoms with van der Waals surface area (Å²) in [6.45, 7) is 5.10. The van der Waals surface area contributed by atoms with Crippen molar-refractivity contribution in [3.8, 4) is 28.4 Å². The topological polar surface area (TPSA) is 157 Å². The molecule has 43 heavy (non-hydrogen) atoms. The Hall–Kier alpha value is -4.42. The number of aliphatic hydroxyl groups excluding tert-OH is 2. The van der Waals surface area contributed by atoms with Crippen molar-refractivity contribution >= 4 is 22.6 Å². The lowest BCUT2D eigenvalue weighted by atomic mass is 9.89. The fraction of sp³-hybridized carbons (Fsp3) is 0.312. The van der Waals surface area contributed by atoms with Gasteiger partial charge in [0.25, 0.3) is 5.91 Å². The number of carbonyl (C=O) groups is 1. The summed E-state index contributed by atoms with van der Waals surface area (Å²) in [5.74, 6) is 0.183. The van der Waals surface area contributed by atoms with Crippen molar-refractivity contribution in [2.24, 2.45) is 0 Å². The number of phenols is 1. The molecule has 3 aromatic carbocycles. The third-order valence-electron chi connectivity index (χ3n) is 7.55. The molecule has 0 radical (unpaired) electrons. The molecule has 1 amide bonds. The second-order valence-electron chi connectivity index (χ2n) is 10.8. The van der Waals surface area contributed by atoms with Gasteiger partial charge in [-0.15, -0.1) is 0 Å². The van der Waals surface area contributed by atoms with Crippen molar-refractivity contribution in [1.29, 1.82) is 0 Å². The van der Waals surface area contributed by atoms with Crippen LogP contribution in [0, 0.1) is 6.92 Å². The maximum Gasteiger partial charge on any atom is 0.360 e. The summed E-state index contributed by atoms with van der Waals surface area (Å²) in [5, 5.41) is 34.6. The highest BCUT2D eigenvalue weighted by Crippen LogP contribution is 2.37. The second-order valence-corrected chi connectivity index (χ2v) is 10.8. The molecule has 0 bridgehead atoms. The maximum atomic E-state index is 13.2. The van der Waals surface area contributed by atoms with Gasteiger partial charge in [-0.2, -0.15) is 0 Å². The Kier molecular flexibility index (Phi) is 8.17. The van der Waals surface area contributed by atoms with Crippen molar-refractivity contribution in [1.82, 2.24) is 0 Å². The Bertz CT molecular complexity index is 1730. The first-order valence-corrected chi connectivity index (χ1v) is 13.5. The molecule has 1 aliphatic heterocycles. The number of anilines is 1. The number of aliphatic hydroxyl groups is 2. The predicted octanol–water partition coefficient (Wildman–Crippen LogP) is 3.99. The molecular formula is C32H33NO10. The number of amides is 1. The van der Waals surface area contributed by atoms with Gasteiger partial charge in [-0.25, -0.2) is 4.79 Å². The minimum absolute atomic E-state index is 0.0240. The molecule has 5 rings (SSSR count). The Balaban J connectivity index is 1.40. The fourth-order valence-electron chi connectivity index (χ4n) is 5.31. The number of ether oxygens (including phenoxy) is 4. The average Bonchev–Trinajstić information content (AvgIpc) is 2.98. The largest absolute Gasteiger partial charge is 0.507 e.